The lowest BCUT2D eigenvalue weighted by atomic mass is 10.2. The maximum Gasteiger partial charge on any atom is 0.150 e. The topological polar surface area (TPSA) is 49.4 Å². The largest absolute Gasteiger partial charge is 0.317 e. The lowest BCUT2D eigenvalue weighted by Gasteiger charge is -2.16. The number of benzene rings is 1. The highest BCUT2D eigenvalue weighted by Crippen LogP contribution is 2.02. The van der Waals surface area contributed by atoms with Gasteiger partial charge in [0.25, 0.3) is 0 Å². The van der Waals surface area contributed by atoms with Gasteiger partial charge < -0.3 is 10.2 Å². The van der Waals surface area contributed by atoms with Crippen LogP contribution in [0.2, 0.25) is 0 Å². The van der Waals surface area contributed by atoms with E-state index in [9.17, 15) is 8.42 Å². The SMILES string of the molecule is CCS(=O)(=O)CCCNCCCN(C)Cc1ccccc1. The molecule has 1 aromatic rings. The molecule has 0 radical (unpaired) electrons. The number of rotatable bonds is 11. The molecular weight excluding hydrogens is 284 g/mol. The minimum Gasteiger partial charge on any atom is -0.317 e. The standard InChI is InChI=1S/C16H28N2O2S/c1-3-21(19,20)14-8-12-17-11-7-13-18(2)15-16-9-5-4-6-10-16/h4-6,9-10,17H,3,7-8,11-15H2,1-2H3. The van der Waals surface area contributed by atoms with E-state index in [1.54, 1.807) is 6.92 Å². The first-order valence-electron chi connectivity index (χ1n) is 7.67. The van der Waals surface area contributed by atoms with E-state index in [4.69, 9.17) is 0 Å². The molecule has 1 N–H and O–H groups in total. The molecule has 1 aromatic carbocycles. The van der Waals surface area contributed by atoms with Gasteiger partial charge in [0.05, 0.1) is 5.75 Å². The number of hydrogen-bond acceptors (Lipinski definition) is 4. The first-order valence-corrected chi connectivity index (χ1v) is 9.49. The summed E-state index contributed by atoms with van der Waals surface area (Å²) in [4.78, 5) is 2.30. The summed E-state index contributed by atoms with van der Waals surface area (Å²) in [6.45, 7) is 5.42. The average molecular weight is 312 g/mol. The van der Waals surface area contributed by atoms with Crippen LogP contribution >= 0.6 is 0 Å². The first kappa shape index (κ1) is 18.1. The molecular formula is C16H28N2O2S. The zero-order valence-corrected chi connectivity index (χ0v) is 14.0. The van der Waals surface area contributed by atoms with Gasteiger partial charge >= 0.3 is 0 Å². The van der Waals surface area contributed by atoms with Crippen LogP contribution in [0.1, 0.15) is 25.3 Å². The minimum atomic E-state index is -2.81. The molecule has 0 bridgehead atoms. The van der Waals surface area contributed by atoms with Crippen LogP contribution in [-0.4, -0.2) is 51.5 Å². The highest BCUT2D eigenvalue weighted by atomic mass is 32.2. The molecule has 1 rings (SSSR count). The molecule has 0 aliphatic rings. The van der Waals surface area contributed by atoms with Crippen molar-refractivity contribution in [1.82, 2.24) is 10.2 Å². The molecule has 0 unspecified atom stereocenters. The van der Waals surface area contributed by atoms with Crippen LogP contribution in [0.15, 0.2) is 30.3 Å². The van der Waals surface area contributed by atoms with E-state index in [0.717, 1.165) is 32.6 Å². The summed E-state index contributed by atoms with van der Waals surface area (Å²) >= 11 is 0. The third-order valence-corrected chi connectivity index (χ3v) is 5.23. The molecule has 0 heterocycles. The molecule has 0 amide bonds. The molecule has 120 valence electrons. The number of sulfone groups is 1. The summed E-state index contributed by atoms with van der Waals surface area (Å²) in [7, 11) is -0.683. The minimum absolute atomic E-state index is 0.247. The lowest BCUT2D eigenvalue weighted by Crippen LogP contribution is -2.25. The van der Waals surface area contributed by atoms with E-state index in [1.165, 1.54) is 5.56 Å². The summed E-state index contributed by atoms with van der Waals surface area (Å²) in [5, 5.41) is 3.31. The maximum atomic E-state index is 11.3. The van der Waals surface area contributed by atoms with Crippen molar-refractivity contribution >= 4 is 9.84 Å². The van der Waals surface area contributed by atoms with Crippen molar-refractivity contribution in [3.8, 4) is 0 Å². The monoisotopic (exact) mass is 312 g/mol. The Morgan fingerprint density at radius 2 is 1.76 bits per heavy atom. The Bertz CT molecular complexity index is 474. The molecule has 0 fully saturated rings. The molecule has 0 saturated heterocycles. The van der Waals surface area contributed by atoms with Crippen LogP contribution < -0.4 is 5.32 Å². The summed E-state index contributed by atoms with van der Waals surface area (Å²) in [6, 6.07) is 10.4. The second-order valence-corrected chi connectivity index (χ2v) is 7.89. The average Bonchev–Trinajstić information content (AvgIpc) is 2.47. The van der Waals surface area contributed by atoms with Gasteiger partial charge in [0.15, 0.2) is 0 Å². The zero-order valence-electron chi connectivity index (χ0n) is 13.2. The predicted octanol–water partition coefficient (Wildman–Crippen LogP) is 1.92. The molecule has 0 aromatic heterocycles. The zero-order chi connectivity index (χ0) is 15.6. The number of hydrogen-bond donors (Lipinski definition) is 1. The highest BCUT2D eigenvalue weighted by Gasteiger charge is 2.05. The van der Waals surface area contributed by atoms with Crippen LogP contribution in [0, 0.1) is 0 Å². The first-order chi connectivity index (χ1) is 10.0. The van der Waals surface area contributed by atoms with Gasteiger partial charge in [-0.1, -0.05) is 37.3 Å². The molecule has 0 aliphatic heterocycles. The van der Waals surface area contributed by atoms with Gasteiger partial charge in [-0.15, -0.1) is 0 Å². The van der Waals surface area contributed by atoms with Crippen LogP contribution in [0.3, 0.4) is 0 Å². The molecule has 0 spiro atoms. The Hall–Kier alpha value is -0.910. The Morgan fingerprint density at radius 1 is 1.10 bits per heavy atom. The molecule has 4 nitrogen and oxygen atoms in total. The fourth-order valence-corrected chi connectivity index (χ4v) is 3.01. The van der Waals surface area contributed by atoms with E-state index in [0.29, 0.717) is 12.2 Å². The fraction of sp³-hybridized carbons (Fsp3) is 0.625. The Labute approximate surface area is 129 Å². The third-order valence-electron chi connectivity index (χ3n) is 3.44. The van der Waals surface area contributed by atoms with Crippen LogP contribution in [0.25, 0.3) is 0 Å². The van der Waals surface area contributed by atoms with Gasteiger partial charge in [-0.3, -0.25) is 0 Å². The number of nitrogens with zero attached hydrogens (tertiary/aromatic N) is 1. The van der Waals surface area contributed by atoms with Crippen LogP contribution in [0.4, 0.5) is 0 Å². The van der Waals surface area contributed by atoms with E-state index >= 15 is 0 Å². The van der Waals surface area contributed by atoms with Gasteiger partial charge in [-0.25, -0.2) is 8.42 Å². The van der Waals surface area contributed by atoms with E-state index in [2.05, 4.69) is 41.5 Å². The Kier molecular flexibility index (Phi) is 8.57. The van der Waals surface area contributed by atoms with Crippen LogP contribution in [-0.2, 0) is 16.4 Å². The van der Waals surface area contributed by atoms with Crippen molar-refractivity contribution in [2.24, 2.45) is 0 Å². The smallest absolute Gasteiger partial charge is 0.150 e. The molecule has 21 heavy (non-hydrogen) atoms. The predicted molar refractivity (Wildman–Crippen MR) is 89.2 cm³/mol. The van der Waals surface area contributed by atoms with Crippen molar-refractivity contribution in [2.75, 3.05) is 38.2 Å². The quantitative estimate of drug-likeness (QED) is 0.634. The highest BCUT2D eigenvalue weighted by molar-refractivity contribution is 7.91. The second kappa shape index (κ2) is 9.92. The molecule has 0 atom stereocenters. The normalized spacial score (nSPS) is 12.0. The molecule has 5 heteroatoms. The summed E-state index contributed by atoms with van der Waals surface area (Å²) in [6.07, 6.45) is 1.78. The second-order valence-electron chi connectivity index (χ2n) is 5.42. The van der Waals surface area contributed by atoms with E-state index in [-0.39, 0.29) is 5.75 Å². The van der Waals surface area contributed by atoms with Gasteiger partial charge in [0, 0.05) is 12.3 Å². The van der Waals surface area contributed by atoms with Crippen molar-refractivity contribution in [3.05, 3.63) is 35.9 Å². The fourth-order valence-electron chi connectivity index (χ4n) is 2.13. The van der Waals surface area contributed by atoms with Crippen molar-refractivity contribution in [1.29, 1.82) is 0 Å². The van der Waals surface area contributed by atoms with Gasteiger partial charge in [-0.05, 0) is 45.1 Å². The van der Waals surface area contributed by atoms with Gasteiger partial charge in [-0.2, -0.15) is 0 Å². The van der Waals surface area contributed by atoms with Gasteiger partial charge in [0.1, 0.15) is 9.84 Å². The van der Waals surface area contributed by atoms with Crippen LogP contribution in [0.5, 0.6) is 0 Å². The van der Waals surface area contributed by atoms with E-state index in [1.807, 2.05) is 6.07 Å². The van der Waals surface area contributed by atoms with Crippen molar-refractivity contribution < 1.29 is 8.42 Å². The summed E-state index contributed by atoms with van der Waals surface area (Å²) in [5.74, 6) is 0.543. The maximum absolute atomic E-state index is 11.3. The Balaban J connectivity index is 2.01. The van der Waals surface area contributed by atoms with Crippen molar-refractivity contribution in [3.63, 3.8) is 0 Å². The summed E-state index contributed by atoms with van der Waals surface area (Å²) in [5.41, 5.74) is 1.33. The third kappa shape index (κ3) is 8.86. The van der Waals surface area contributed by atoms with E-state index < -0.39 is 9.84 Å². The Morgan fingerprint density at radius 3 is 2.43 bits per heavy atom. The van der Waals surface area contributed by atoms with Gasteiger partial charge in [0.2, 0.25) is 0 Å². The molecule has 0 saturated carbocycles. The van der Waals surface area contributed by atoms with Crippen molar-refractivity contribution in [2.45, 2.75) is 26.3 Å². The summed E-state index contributed by atoms with van der Waals surface area (Å²) < 4.78 is 22.6. The lowest BCUT2D eigenvalue weighted by molar-refractivity contribution is 0.320. The number of nitrogens with one attached hydrogen (secondary N) is 1. The molecule has 0 aliphatic carbocycles.